The van der Waals surface area contributed by atoms with Crippen LogP contribution in [-0.4, -0.2) is 200 Å². The van der Waals surface area contributed by atoms with Crippen LogP contribution in [0.15, 0.2) is 54.6 Å². The maximum Gasteiger partial charge on any atom is 0.230 e. The van der Waals surface area contributed by atoms with Crippen molar-refractivity contribution in [3.8, 4) is 45.7 Å². The van der Waals surface area contributed by atoms with Gasteiger partial charge in [-0.05, 0) is 187 Å². The third-order valence-electron chi connectivity index (χ3n) is 19.0. The van der Waals surface area contributed by atoms with Crippen molar-refractivity contribution in [1.82, 2.24) is 94.7 Å². The number of nitrogens with one attached hydrogen (secondary N) is 2. The van der Waals surface area contributed by atoms with E-state index in [0.717, 1.165) is 178 Å². The Morgan fingerprint density at radius 2 is 0.858 bits per heavy atom. The lowest BCUT2D eigenvalue weighted by molar-refractivity contribution is 0.0953. The maximum atomic E-state index is 6.07. The van der Waals surface area contributed by atoms with Gasteiger partial charge in [0.2, 0.25) is 71.4 Å². The highest BCUT2D eigenvalue weighted by Gasteiger charge is 2.22. The normalized spacial score (nSPS) is 12.9. The van der Waals surface area contributed by atoms with E-state index in [-0.39, 0.29) is 47.9 Å². The van der Waals surface area contributed by atoms with Crippen LogP contribution >= 0.6 is 0 Å². The monoisotopic (exact) mass is 1660 g/mol. The first-order chi connectivity index (χ1) is 57.6. The molecule has 2 unspecified atom stereocenters. The Hall–Kier alpha value is -11.2. The van der Waals surface area contributed by atoms with Crippen molar-refractivity contribution in [1.29, 1.82) is 0 Å². The summed E-state index contributed by atoms with van der Waals surface area (Å²) in [7, 11) is 3.43. The van der Waals surface area contributed by atoms with Crippen LogP contribution in [0.1, 0.15) is 227 Å². The molecule has 120 heavy (non-hydrogen) atoms. The number of methoxy groups -OCH3 is 2. The number of benzene rings is 2. The van der Waals surface area contributed by atoms with Gasteiger partial charge in [0.25, 0.3) is 0 Å². The van der Waals surface area contributed by atoms with Crippen molar-refractivity contribution in [3.63, 3.8) is 0 Å². The van der Waals surface area contributed by atoms with Crippen LogP contribution in [0.3, 0.4) is 0 Å². The molecule has 9 heterocycles. The van der Waals surface area contributed by atoms with E-state index >= 15 is 0 Å². The predicted octanol–water partition coefficient (Wildman–Crippen LogP) is 13.6. The molecule has 0 aliphatic carbocycles. The molecule has 14 N–H and O–H groups in total. The predicted molar refractivity (Wildman–Crippen MR) is 484 cm³/mol. The first-order valence-corrected chi connectivity index (χ1v) is 42.6. The lowest BCUT2D eigenvalue weighted by atomic mass is 10.0. The number of anilines is 12. The number of nitrogen functional groups attached to an aromatic ring is 6. The minimum Gasteiger partial charge on any atom is -0.493 e. The fourth-order valence-corrected chi connectivity index (χ4v) is 12.2. The number of aromatic nitrogens is 19. The topological polar surface area (TPSA) is 475 Å². The van der Waals surface area contributed by atoms with Gasteiger partial charge in [0.15, 0.2) is 17.5 Å². The lowest BCUT2D eigenvalue weighted by Gasteiger charge is -2.30. The number of ether oxygens (including phenoxy) is 4. The quantitative estimate of drug-likeness (QED) is 0.0186. The summed E-state index contributed by atoms with van der Waals surface area (Å²) in [6.07, 6.45) is 16.4. The van der Waals surface area contributed by atoms with Gasteiger partial charge in [-0.15, -0.1) is 0 Å². The summed E-state index contributed by atoms with van der Waals surface area (Å²) in [5.74, 6) is 11.7. The Kier molecular flexibility index (Phi) is 42.3. The molecule has 2 saturated heterocycles. The minimum absolute atomic E-state index is 0.0940. The Labute approximate surface area is 711 Å². The highest BCUT2D eigenvalue weighted by atomic mass is 16.5. The Bertz CT molecular complexity index is 4290. The number of hydrogen-bond acceptors (Lipinski definition) is 35. The van der Waals surface area contributed by atoms with Crippen LogP contribution in [0.2, 0.25) is 0 Å². The second-order valence-corrected chi connectivity index (χ2v) is 30.3. The molecule has 7 aromatic heterocycles. The molecule has 35 heteroatoms. The molecule has 2 aromatic carbocycles. The van der Waals surface area contributed by atoms with E-state index in [0.29, 0.717) is 60.3 Å². The van der Waals surface area contributed by atoms with Gasteiger partial charge in [-0.1, -0.05) is 92.5 Å². The summed E-state index contributed by atoms with van der Waals surface area (Å²) >= 11 is 0. The Morgan fingerprint density at radius 1 is 0.425 bits per heavy atom. The number of pyridine rings is 1. The molecular weight excluding hydrogens is 1520 g/mol. The highest BCUT2D eigenvalue weighted by Crippen LogP contribution is 2.31. The summed E-state index contributed by atoms with van der Waals surface area (Å²) in [6.45, 7) is 46.3. The molecule has 2 aliphatic rings. The Balaban J connectivity index is 0.000000226. The molecule has 0 saturated carbocycles. The van der Waals surface area contributed by atoms with Gasteiger partial charge >= 0.3 is 0 Å². The first-order valence-electron chi connectivity index (χ1n) is 42.6. The van der Waals surface area contributed by atoms with Gasteiger partial charge in [0, 0.05) is 114 Å². The van der Waals surface area contributed by atoms with Gasteiger partial charge in [-0.3, -0.25) is 4.98 Å². The number of nitrogens with zero attached hydrogens (tertiary/aromatic N) is 23. The first kappa shape index (κ1) is 97.6. The van der Waals surface area contributed by atoms with E-state index in [2.05, 4.69) is 191 Å². The largest absolute Gasteiger partial charge is 0.493 e. The molecule has 656 valence electrons. The zero-order chi connectivity index (χ0) is 87.6. The average Bonchev–Trinajstić information content (AvgIpc) is 0.768. The van der Waals surface area contributed by atoms with Crippen molar-refractivity contribution in [2.75, 3.05) is 158 Å². The van der Waals surface area contributed by atoms with Crippen molar-refractivity contribution in [3.05, 3.63) is 89.0 Å². The van der Waals surface area contributed by atoms with Crippen molar-refractivity contribution < 1.29 is 18.9 Å². The van der Waals surface area contributed by atoms with Crippen LogP contribution < -0.4 is 74.1 Å². The number of nitrogens with two attached hydrogens (primary N) is 6. The third kappa shape index (κ3) is 34.2. The zero-order valence-corrected chi connectivity index (χ0v) is 74.9. The summed E-state index contributed by atoms with van der Waals surface area (Å²) in [4.78, 5) is 89.9. The lowest BCUT2D eigenvalue weighted by Crippen LogP contribution is -2.34. The van der Waals surface area contributed by atoms with E-state index in [1.54, 1.807) is 14.2 Å². The van der Waals surface area contributed by atoms with Gasteiger partial charge in [0.1, 0.15) is 29.0 Å². The molecule has 2 aliphatic heterocycles. The molecule has 0 radical (unpaired) electrons. The molecule has 9 aromatic rings. The summed E-state index contributed by atoms with van der Waals surface area (Å²) in [6, 6.07) is 17.4. The standard InChI is InChI=1S/C20H31N5O3.C16H31N5.C14H20N6.C14H23N5.C13H17N5O.C8H15N5/c1-13(26-3)6-5-7-15-8-9-16(18-23-19(21)25-20(22)24-18)12-17(15)28-11-10-14(2)27-4;1-6-10-12-20(8-3)15-17-14(5)18-16(19-15)21(9-4)13-11-7-2;1-7(2)10-5-9(6-11(17-10)8(3)4)12-18-13(15)20-14(16)19-12;1-12-15-13(18-8-4-2-5-9-18)17-14(16-12)19-10-6-3-7-11-19;1-8(2)7-19-10-5-3-4-9(6-10)11-16-12(14)18-13(15)17-11;1-4-9-7-11-6(3)12-8(13-7)10-5-2/h8-9,12-14H,5-7,10-11H2,1-4H3,(H4,21,22,23,24,25);6-13H2,1-5H3;5-8H,1-4H3,(H4,15,16,18,19,20);2-11H2,1H3;3-6,8H,7H2,1-2H3,(H4,14,15,16,17,18);4-5H2,1-3H3,(H2,9,10,11,12,13). The molecule has 2 atom stereocenters. The van der Waals surface area contributed by atoms with E-state index in [9.17, 15) is 0 Å². The smallest absolute Gasteiger partial charge is 0.230 e. The van der Waals surface area contributed by atoms with E-state index < -0.39 is 0 Å². The summed E-state index contributed by atoms with van der Waals surface area (Å²) < 4.78 is 22.4. The second kappa shape index (κ2) is 52.0. The number of rotatable bonds is 34. The zero-order valence-electron chi connectivity index (χ0n) is 74.9. The van der Waals surface area contributed by atoms with Crippen molar-refractivity contribution in [2.45, 2.75) is 232 Å². The Morgan fingerprint density at radius 3 is 1.28 bits per heavy atom. The third-order valence-corrected chi connectivity index (χ3v) is 19.0. The minimum atomic E-state index is 0.0940. The van der Waals surface area contributed by atoms with E-state index in [1.165, 1.54) is 64.2 Å². The fourth-order valence-electron chi connectivity index (χ4n) is 12.2. The van der Waals surface area contributed by atoms with Crippen LogP contribution in [-0.2, 0) is 15.9 Å². The molecule has 0 amide bonds. The van der Waals surface area contributed by atoms with Crippen LogP contribution in [0.5, 0.6) is 11.5 Å². The fraction of sp³-hybridized carbons (Fsp3) is 0.588. The van der Waals surface area contributed by atoms with E-state index in [1.807, 2.05) is 96.1 Å². The number of aryl methyl sites for hydroxylation is 4. The second-order valence-electron chi connectivity index (χ2n) is 30.3. The average molecular weight is 1660 g/mol. The summed E-state index contributed by atoms with van der Waals surface area (Å²) in [5.41, 5.74) is 39.4. The van der Waals surface area contributed by atoms with E-state index in [4.69, 9.17) is 63.3 Å². The van der Waals surface area contributed by atoms with Crippen molar-refractivity contribution >= 4 is 71.4 Å². The SMILES string of the molecule is CC(C)COc1cccc(-c2nc(N)nc(N)n2)c1.CC(C)c1cc(-c2nc(N)nc(N)n2)cc(C(C)C)n1.CCCCN(CC)c1nc(C)nc(N(CC)CCCC)n1.CCNc1nc(C)nc(NCC)n1.COC(C)CCCc1ccc(-c2nc(N)nc(N)n2)cc1OCCC(C)OC.Cc1nc(N2CCCCC2)nc(N2CCCCC2)n1. The molecule has 0 bridgehead atoms. The molecule has 35 nitrogen and oxygen atoms in total. The van der Waals surface area contributed by atoms with Crippen LogP contribution in [0.4, 0.5) is 71.4 Å². The number of hydrogen-bond donors (Lipinski definition) is 8. The molecular formula is C85H137N31O4. The van der Waals surface area contributed by atoms with Crippen LogP contribution in [0.25, 0.3) is 34.2 Å². The number of piperidine rings is 2. The van der Waals surface area contributed by atoms with Gasteiger partial charge < -0.3 is 83.6 Å². The van der Waals surface area contributed by atoms with Gasteiger partial charge in [0.05, 0.1) is 25.4 Å². The molecule has 2 fully saturated rings. The van der Waals surface area contributed by atoms with Gasteiger partial charge in [-0.25, -0.2) is 0 Å². The maximum absolute atomic E-state index is 6.07. The highest BCUT2D eigenvalue weighted by molar-refractivity contribution is 5.62. The van der Waals surface area contributed by atoms with Gasteiger partial charge in [-0.2, -0.15) is 89.7 Å². The summed E-state index contributed by atoms with van der Waals surface area (Å²) in [5, 5.41) is 6.09. The van der Waals surface area contributed by atoms with Crippen molar-refractivity contribution in [2.24, 2.45) is 5.92 Å². The number of unbranched alkanes of at least 4 members (excludes halogenated alkanes) is 2. The molecule has 0 spiro atoms. The molecule has 11 rings (SSSR count). The van der Waals surface area contributed by atoms with Crippen LogP contribution in [0, 0.1) is 26.7 Å².